The maximum atomic E-state index is 10.3. The van der Waals surface area contributed by atoms with Gasteiger partial charge in [0.1, 0.15) is 5.75 Å². The summed E-state index contributed by atoms with van der Waals surface area (Å²) >= 11 is 4.43. The number of piperazine rings is 1. The lowest BCUT2D eigenvalue weighted by molar-refractivity contribution is 0.139. The second-order valence-corrected chi connectivity index (χ2v) is 7.05. The lowest BCUT2D eigenvalue weighted by Gasteiger charge is -2.35. The molecule has 4 nitrogen and oxygen atoms in total. The third kappa shape index (κ3) is 3.93. The van der Waals surface area contributed by atoms with E-state index in [9.17, 15) is 10.2 Å². The molecular formula is C13H18I2N2O2. The molecule has 1 atom stereocenters. The third-order valence-electron chi connectivity index (χ3n) is 3.41. The van der Waals surface area contributed by atoms with E-state index in [0.717, 1.165) is 38.9 Å². The van der Waals surface area contributed by atoms with Crippen molar-refractivity contribution in [3.8, 4) is 5.75 Å². The fraction of sp³-hybridized carbons (Fsp3) is 0.538. The normalized spacial score (nSPS) is 18.5. The van der Waals surface area contributed by atoms with Gasteiger partial charge in [-0.1, -0.05) is 0 Å². The van der Waals surface area contributed by atoms with Crippen molar-refractivity contribution in [1.82, 2.24) is 10.2 Å². The van der Waals surface area contributed by atoms with Crippen molar-refractivity contribution < 1.29 is 10.2 Å². The lowest BCUT2D eigenvalue weighted by atomic mass is 10.0. The molecule has 0 radical (unpaired) electrons. The van der Waals surface area contributed by atoms with Crippen LogP contribution in [0.25, 0.3) is 0 Å². The van der Waals surface area contributed by atoms with Gasteiger partial charge in [0.2, 0.25) is 0 Å². The number of aliphatic hydroxyl groups is 1. The fourth-order valence-corrected chi connectivity index (χ4v) is 4.38. The minimum atomic E-state index is 0.0929. The highest BCUT2D eigenvalue weighted by molar-refractivity contribution is 14.1. The first-order chi connectivity index (χ1) is 9.13. The molecule has 0 aromatic heterocycles. The average molecular weight is 488 g/mol. The van der Waals surface area contributed by atoms with Gasteiger partial charge in [-0.3, -0.25) is 4.90 Å². The Morgan fingerprint density at radius 2 is 1.95 bits per heavy atom. The molecule has 1 aromatic rings. The number of nitrogens with one attached hydrogen (secondary N) is 1. The van der Waals surface area contributed by atoms with Crippen LogP contribution in [-0.2, 0) is 0 Å². The predicted octanol–water partition coefficient (Wildman–Crippen LogP) is 1.93. The molecule has 1 fully saturated rings. The number of hydrogen-bond donors (Lipinski definition) is 3. The lowest BCUT2D eigenvalue weighted by Crippen LogP contribution is -2.45. The number of halogens is 2. The van der Waals surface area contributed by atoms with Gasteiger partial charge in [-0.05, 0) is 63.7 Å². The monoisotopic (exact) mass is 488 g/mol. The van der Waals surface area contributed by atoms with E-state index in [2.05, 4.69) is 55.4 Å². The molecule has 3 N–H and O–H groups in total. The summed E-state index contributed by atoms with van der Waals surface area (Å²) in [6.07, 6.45) is 0.656. The molecule has 1 heterocycles. The number of rotatable bonds is 4. The smallest absolute Gasteiger partial charge is 0.133 e. The van der Waals surface area contributed by atoms with Crippen LogP contribution in [0.15, 0.2) is 12.1 Å². The molecule has 1 saturated heterocycles. The molecule has 1 aliphatic rings. The molecule has 19 heavy (non-hydrogen) atoms. The molecule has 106 valence electrons. The van der Waals surface area contributed by atoms with Gasteiger partial charge < -0.3 is 15.5 Å². The van der Waals surface area contributed by atoms with Crippen LogP contribution in [0.3, 0.4) is 0 Å². The zero-order valence-electron chi connectivity index (χ0n) is 10.6. The van der Waals surface area contributed by atoms with Crippen molar-refractivity contribution >= 4 is 45.2 Å². The van der Waals surface area contributed by atoms with Gasteiger partial charge in [-0.2, -0.15) is 0 Å². The van der Waals surface area contributed by atoms with Gasteiger partial charge in [0, 0.05) is 48.0 Å². The standard InChI is InChI=1S/C13H18I2N2O2/c14-9-7-10(13(19)11(15)8-9)12(1-6-18)17-4-2-16-3-5-17/h7-8,12,16,18-19H,1-6H2/t12-/m0/s1. The minimum absolute atomic E-state index is 0.0929. The summed E-state index contributed by atoms with van der Waals surface area (Å²) in [5.74, 6) is 0.359. The number of aromatic hydroxyl groups is 1. The Labute approximate surface area is 140 Å². The van der Waals surface area contributed by atoms with E-state index in [0.29, 0.717) is 12.2 Å². The first kappa shape index (κ1) is 15.7. The Balaban J connectivity index is 2.32. The Morgan fingerprint density at radius 3 is 2.58 bits per heavy atom. The Morgan fingerprint density at radius 1 is 1.26 bits per heavy atom. The number of hydrogen-bond acceptors (Lipinski definition) is 4. The summed E-state index contributed by atoms with van der Waals surface area (Å²) < 4.78 is 1.99. The van der Waals surface area contributed by atoms with Crippen LogP contribution in [0.4, 0.5) is 0 Å². The number of aliphatic hydroxyl groups excluding tert-OH is 1. The summed E-state index contributed by atoms with van der Waals surface area (Å²) in [4.78, 5) is 2.34. The minimum Gasteiger partial charge on any atom is -0.506 e. The van der Waals surface area contributed by atoms with Crippen LogP contribution < -0.4 is 5.32 Å². The number of benzene rings is 1. The first-order valence-corrected chi connectivity index (χ1v) is 8.52. The Hall–Kier alpha value is 0.360. The molecule has 0 aliphatic carbocycles. The molecule has 1 aliphatic heterocycles. The highest BCUT2D eigenvalue weighted by Crippen LogP contribution is 2.35. The maximum absolute atomic E-state index is 10.3. The van der Waals surface area contributed by atoms with Crippen LogP contribution >= 0.6 is 45.2 Å². The summed E-state index contributed by atoms with van der Waals surface area (Å²) in [7, 11) is 0. The van der Waals surface area contributed by atoms with Gasteiger partial charge in [0.25, 0.3) is 0 Å². The summed E-state index contributed by atoms with van der Waals surface area (Å²) in [6, 6.07) is 4.09. The van der Waals surface area contributed by atoms with Crippen LogP contribution in [0, 0.1) is 7.14 Å². The quantitative estimate of drug-likeness (QED) is 0.568. The second kappa shape index (κ2) is 7.39. The highest BCUT2D eigenvalue weighted by atomic mass is 127. The van der Waals surface area contributed by atoms with E-state index >= 15 is 0 Å². The van der Waals surface area contributed by atoms with Crippen LogP contribution in [0.2, 0.25) is 0 Å². The molecule has 0 spiro atoms. The van der Waals surface area contributed by atoms with Gasteiger partial charge in [0.05, 0.1) is 3.57 Å². The maximum Gasteiger partial charge on any atom is 0.133 e. The molecule has 0 bridgehead atoms. The second-order valence-electron chi connectivity index (χ2n) is 4.64. The predicted molar refractivity (Wildman–Crippen MR) is 92.4 cm³/mol. The number of phenols is 1. The van der Waals surface area contributed by atoms with E-state index in [4.69, 9.17) is 0 Å². The summed E-state index contributed by atoms with van der Waals surface area (Å²) in [6.45, 7) is 3.96. The van der Waals surface area contributed by atoms with Crippen molar-refractivity contribution in [2.45, 2.75) is 12.5 Å². The van der Waals surface area contributed by atoms with Crippen molar-refractivity contribution in [3.63, 3.8) is 0 Å². The van der Waals surface area contributed by atoms with E-state index in [-0.39, 0.29) is 12.6 Å². The fourth-order valence-electron chi connectivity index (χ4n) is 2.49. The van der Waals surface area contributed by atoms with E-state index < -0.39 is 0 Å². The van der Waals surface area contributed by atoms with Crippen LogP contribution in [-0.4, -0.2) is 47.9 Å². The van der Waals surface area contributed by atoms with Crippen molar-refractivity contribution in [1.29, 1.82) is 0 Å². The van der Waals surface area contributed by atoms with Crippen molar-refractivity contribution in [2.24, 2.45) is 0 Å². The van der Waals surface area contributed by atoms with Gasteiger partial charge >= 0.3 is 0 Å². The largest absolute Gasteiger partial charge is 0.506 e. The zero-order valence-corrected chi connectivity index (χ0v) is 14.9. The van der Waals surface area contributed by atoms with Crippen LogP contribution in [0.1, 0.15) is 18.0 Å². The SMILES string of the molecule is OCC[C@@H](c1cc(I)cc(I)c1O)N1CCNCC1. The average Bonchev–Trinajstić information content (AvgIpc) is 2.41. The first-order valence-electron chi connectivity index (χ1n) is 6.37. The van der Waals surface area contributed by atoms with Crippen LogP contribution in [0.5, 0.6) is 5.75 Å². The Bertz CT molecular complexity index is 437. The third-order valence-corrected chi connectivity index (χ3v) is 4.86. The molecule has 2 rings (SSSR count). The zero-order chi connectivity index (χ0) is 13.8. The van der Waals surface area contributed by atoms with Crippen molar-refractivity contribution in [3.05, 3.63) is 24.8 Å². The molecule has 0 amide bonds. The van der Waals surface area contributed by atoms with Crippen molar-refractivity contribution in [2.75, 3.05) is 32.8 Å². The van der Waals surface area contributed by atoms with E-state index in [1.807, 2.05) is 12.1 Å². The molecule has 0 saturated carbocycles. The summed E-state index contributed by atoms with van der Waals surface area (Å²) in [5, 5.41) is 23.0. The van der Waals surface area contributed by atoms with Gasteiger partial charge in [-0.15, -0.1) is 0 Å². The molecular weight excluding hydrogens is 470 g/mol. The Kier molecular flexibility index (Phi) is 6.12. The topological polar surface area (TPSA) is 55.7 Å². The van der Waals surface area contributed by atoms with E-state index in [1.165, 1.54) is 0 Å². The molecule has 0 unspecified atom stereocenters. The van der Waals surface area contributed by atoms with Gasteiger partial charge in [0.15, 0.2) is 0 Å². The number of nitrogens with zero attached hydrogens (tertiary/aromatic N) is 1. The summed E-state index contributed by atoms with van der Waals surface area (Å²) in [5.41, 5.74) is 0.937. The highest BCUT2D eigenvalue weighted by Gasteiger charge is 2.25. The van der Waals surface area contributed by atoms with E-state index in [1.54, 1.807) is 0 Å². The van der Waals surface area contributed by atoms with Gasteiger partial charge in [-0.25, -0.2) is 0 Å². The molecule has 1 aromatic carbocycles. The number of phenolic OH excluding ortho intramolecular Hbond substituents is 1. The molecule has 6 heteroatoms.